The summed E-state index contributed by atoms with van der Waals surface area (Å²) in [5, 5.41) is 9.98. The Morgan fingerprint density at radius 3 is 2.23 bits per heavy atom. The smallest absolute Gasteiger partial charge is 0.420 e. The Hall–Kier alpha value is -2.24. The molecule has 1 aromatic carbocycles. The van der Waals surface area contributed by atoms with E-state index in [4.69, 9.17) is 9.47 Å². The number of fused-ring (bicyclic) bond motifs is 1. The van der Waals surface area contributed by atoms with Crippen LogP contribution in [-0.4, -0.2) is 34.9 Å². The monoisotopic (exact) mass is 363 g/mol. The van der Waals surface area contributed by atoms with Crippen LogP contribution in [0.3, 0.4) is 0 Å². The highest BCUT2D eigenvalue weighted by Crippen LogP contribution is 2.54. The van der Waals surface area contributed by atoms with Crippen molar-refractivity contribution in [1.82, 2.24) is 4.90 Å². The quantitative estimate of drug-likeness (QED) is 0.817. The number of nitrogens with zero attached hydrogens (tertiary/aromatic N) is 1. The molecule has 0 heterocycles. The number of benzene rings is 1. The molecule has 0 aliphatic heterocycles. The van der Waals surface area contributed by atoms with Crippen LogP contribution >= 0.6 is 0 Å². The molecule has 0 spiro atoms. The molecule has 0 bridgehead atoms. The van der Waals surface area contributed by atoms with Crippen molar-refractivity contribution in [2.45, 2.75) is 65.5 Å². The Morgan fingerprint density at radius 1 is 1.15 bits per heavy atom. The van der Waals surface area contributed by atoms with Gasteiger partial charge < -0.3 is 14.6 Å². The number of ether oxygens (including phenoxy) is 2. The van der Waals surface area contributed by atoms with Gasteiger partial charge in [-0.25, -0.2) is 14.5 Å². The van der Waals surface area contributed by atoms with Crippen molar-refractivity contribution in [3.05, 3.63) is 29.3 Å². The number of hydrogen-bond acceptors (Lipinski definition) is 4. The van der Waals surface area contributed by atoms with Crippen molar-refractivity contribution in [2.24, 2.45) is 5.41 Å². The van der Waals surface area contributed by atoms with Gasteiger partial charge in [0, 0.05) is 0 Å². The van der Waals surface area contributed by atoms with E-state index in [1.165, 1.54) is 0 Å². The van der Waals surface area contributed by atoms with E-state index in [2.05, 4.69) is 0 Å². The lowest BCUT2D eigenvalue weighted by atomic mass is 9.69. The maximum atomic E-state index is 12.9. The molecule has 144 valence electrons. The van der Waals surface area contributed by atoms with Gasteiger partial charge in [-0.1, -0.05) is 26.8 Å². The fourth-order valence-corrected chi connectivity index (χ4v) is 3.79. The molecule has 2 rings (SSSR count). The molecule has 2 amide bonds. The highest BCUT2D eigenvalue weighted by atomic mass is 16.6. The number of carbonyl (C=O) groups excluding carboxylic acids is 1. The Bertz CT molecular complexity index is 714. The lowest BCUT2D eigenvalue weighted by Crippen LogP contribution is -2.58. The Balaban J connectivity index is 2.69. The lowest BCUT2D eigenvalue weighted by molar-refractivity contribution is -0.0309. The number of aryl methyl sites for hydroxylation is 1. The molecule has 1 N–H and O–H groups in total. The van der Waals surface area contributed by atoms with Gasteiger partial charge in [-0.2, -0.15) is 0 Å². The van der Waals surface area contributed by atoms with E-state index in [1.54, 1.807) is 27.9 Å². The van der Waals surface area contributed by atoms with E-state index in [0.717, 1.165) is 16.0 Å². The van der Waals surface area contributed by atoms with Crippen molar-refractivity contribution in [3.63, 3.8) is 0 Å². The minimum absolute atomic E-state index is 0.505. The van der Waals surface area contributed by atoms with Gasteiger partial charge in [-0.15, -0.1) is 0 Å². The molecule has 1 unspecified atom stereocenters. The molecular formula is C20H29NO5. The van der Waals surface area contributed by atoms with Crippen LogP contribution < -0.4 is 4.74 Å². The third-order valence-electron chi connectivity index (χ3n) is 4.91. The van der Waals surface area contributed by atoms with E-state index < -0.39 is 28.7 Å². The number of methoxy groups -OCH3 is 1. The summed E-state index contributed by atoms with van der Waals surface area (Å²) >= 11 is 0. The van der Waals surface area contributed by atoms with E-state index in [1.807, 2.05) is 39.0 Å². The third-order valence-corrected chi connectivity index (χ3v) is 4.91. The topological polar surface area (TPSA) is 76.1 Å². The molecule has 0 radical (unpaired) electrons. The molecule has 1 atom stereocenters. The van der Waals surface area contributed by atoms with Crippen LogP contribution in [0, 0.1) is 5.41 Å². The van der Waals surface area contributed by atoms with Crippen LogP contribution in [0.5, 0.6) is 5.75 Å². The van der Waals surface area contributed by atoms with Crippen LogP contribution in [0.2, 0.25) is 0 Å². The number of rotatable bonds is 2. The van der Waals surface area contributed by atoms with Crippen molar-refractivity contribution in [2.75, 3.05) is 7.11 Å². The van der Waals surface area contributed by atoms with Gasteiger partial charge in [0.05, 0.1) is 12.6 Å². The highest BCUT2D eigenvalue weighted by molar-refractivity contribution is 5.89. The average molecular weight is 363 g/mol. The van der Waals surface area contributed by atoms with Crippen molar-refractivity contribution in [3.8, 4) is 5.75 Å². The second kappa shape index (κ2) is 6.49. The van der Waals surface area contributed by atoms with Gasteiger partial charge >= 0.3 is 12.2 Å². The highest BCUT2D eigenvalue weighted by Gasteiger charge is 2.57. The first-order chi connectivity index (χ1) is 11.8. The summed E-state index contributed by atoms with van der Waals surface area (Å²) < 4.78 is 10.8. The van der Waals surface area contributed by atoms with Crippen LogP contribution in [0.15, 0.2) is 18.2 Å². The second-order valence-corrected chi connectivity index (χ2v) is 8.73. The number of carboxylic acid groups (broad SMARTS) is 1. The molecule has 1 aromatic rings. The molecule has 0 aromatic heterocycles. The van der Waals surface area contributed by atoms with Gasteiger partial charge in [0.1, 0.15) is 11.4 Å². The van der Waals surface area contributed by atoms with Gasteiger partial charge in [-0.05, 0) is 62.3 Å². The first-order valence-electron chi connectivity index (χ1n) is 8.77. The number of imide groups is 1. The first-order valence-corrected chi connectivity index (χ1v) is 8.77. The Morgan fingerprint density at radius 2 is 1.77 bits per heavy atom. The summed E-state index contributed by atoms with van der Waals surface area (Å²) in [7, 11) is 1.57. The predicted molar refractivity (Wildman–Crippen MR) is 98.5 cm³/mol. The van der Waals surface area contributed by atoms with E-state index >= 15 is 0 Å². The zero-order valence-corrected chi connectivity index (χ0v) is 16.7. The van der Waals surface area contributed by atoms with Gasteiger partial charge in [0.25, 0.3) is 0 Å². The minimum Gasteiger partial charge on any atom is -0.497 e. The van der Waals surface area contributed by atoms with E-state index in [9.17, 15) is 14.7 Å². The fraction of sp³-hybridized carbons (Fsp3) is 0.600. The summed E-state index contributed by atoms with van der Waals surface area (Å²) in [4.78, 5) is 26.0. The average Bonchev–Trinajstić information content (AvgIpc) is 2.84. The third kappa shape index (κ3) is 3.37. The summed E-state index contributed by atoms with van der Waals surface area (Å²) in [6, 6.07) is 5.64. The van der Waals surface area contributed by atoms with Crippen LogP contribution in [-0.2, 0) is 16.7 Å². The molecule has 0 saturated heterocycles. The molecule has 6 heteroatoms. The summed E-state index contributed by atoms with van der Waals surface area (Å²) in [6.07, 6.45) is -0.978. The molecule has 0 saturated carbocycles. The van der Waals surface area contributed by atoms with E-state index in [0.29, 0.717) is 18.6 Å². The molecular weight excluding hydrogens is 334 g/mol. The van der Waals surface area contributed by atoms with Gasteiger partial charge in [0.15, 0.2) is 0 Å². The Labute approximate surface area is 155 Å². The van der Waals surface area contributed by atoms with Crippen molar-refractivity contribution >= 4 is 12.2 Å². The second-order valence-electron chi connectivity index (χ2n) is 8.73. The largest absolute Gasteiger partial charge is 0.497 e. The van der Waals surface area contributed by atoms with Gasteiger partial charge in [0.2, 0.25) is 0 Å². The zero-order valence-electron chi connectivity index (χ0n) is 16.7. The first kappa shape index (κ1) is 20.1. The Kier molecular flexibility index (Phi) is 5.01. The maximum absolute atomic E-state index is 12.9. The van der Waals surface area contributed by atoms with Crippen molar-refractivity contribution in [1.29, 1.82) is 0 Å². The molecule has 6 nitrogen and oxygen atoms in total. The lowest BCUT2D eigenvalue weighted by Gasteiger charge is -2.48. The SMILES string of the molecule is COc1ccc2c(c1)C(N(C(=O)O)C(=O)OC(C)(C)C)(C(C)(C)C)CC2. The minimum atomic E-state index is -1.31. The summed E-state index contributed by atoms with van der Waals surface area (Å²) in [5.74, 6) is 0.633. The zero-order chi connectivity index (χ0) is 19.9. The van der Waals surface area contributed by atoms with Crippen LogP contribution in [0.25, 0.3) is 0 Å². The predicted octanol–water partition coefficient (Wildman–Crippen LogP) is 4.80. The number of amides is 2. The van der Waals surface area contributed by atoms with E-state index in [-0.39, 0.29) is 0 Å². The number of carbonyl (C=O) groups is 2. The normalized spacial score (nSPS) is 19.7. The molecule has 26 heavy (non-hydrogen) atoms. The molecule has 1 aliphatic rings. The van der Waals surface area contributed by atoms with Crippen molar-refractivity contribution < 1.29 is 24.2 Å². The molecule has 1 aliphatic carbocycles. The summed E-state index contributed by atoms with van der Waals surface area (Å²) in [6.45, 7) is 11.0. The van der Waals surface area contributed by atoms with Crippen LogP contribution in [0.4, 0.5) is 9.59 Å². The standard InChI is InChI=1S/C20H29NO5/c1-18(2,3)20(21(16(22)23)17(24)26-19(4,5)6)11-10-13-8-9-14(25-7)12-15(13)20/h8-9,12H,10-11H2,1-7H3,(H,22,23). The van der Waals surface area contributed by atoms with Gasteiger partial charge in [-0.3, -0.25) is 0 Å². The molecule has 0 fully saturated rings. The maximum Gasteiger partial charge on any atom is 0.420 e. The summed E-state index contributed by atoms with van der Waals surface area (Å²) in [5.41, 5.74) is -0.543. The fourth-order valence-electron chi connectivity index (χ4n) is 3.79. The van der Waals surface area contributed by atoms with Crippen LogP contribution in [0.1, 0.15) is 59.1 Å². The number of hydrogen-bond donors (Lipinski definition) is 1.